The van der Waals surface area contributed by atoms with Gasteiger partial charge in [0.05, 0.1) is 15.8 Å². The van der Waals surface area contributed by atoms with Gasteiger partial charge in [-0.25, -0.2) is 27.0 Å². The van der Waals surface area contributed by atoms with Gasteiger partial charge in [-0.1, -0.05) is 17.7 Å². The van der Waals surface area contributed by atoms with Crippen LogP contribution in [0.2, 0.25) is 5.02 Å². The molecule has 2 rings (SSSR count). The fourth-order valence-corrected chi connectivity index (χ4v) is 5.18. The second-order valence-corrected chi connectivity index (χ2v) is 9.08. The minimum absolute atomic E-state index is 0.1000. The van der Waals surface area contributed by atoms with Crippen molar-refractivity contribution in [3.63, 3.8) is 0 Å². The first-order valence-corrected chi connectivity index (χ1v) is 10.5. The highest BCUT2D eigenvalue weighted by Gasteiger charge is 2.30. The number of primary sulfonamides is 1. The van der Waals surface area contributed by atoms with Crippen LogP contribution < -0.4 is 9.97 Å². The van der Waals surface area contributed by atoms with Crippen molar-refractivity contribution < 1.29 is 16.8 Å². The molecular weight excluding hydrogens is 370 g/mol. The van der Waals surface area contributed by atoms with E-state index >= 15 is 0 Å². The molecule has 0 atom stereocenters. The third-order valence-electron chi connectivity index (χ3n) is 2.80. The number of benzene rings is 1. The van der Waals surface area contributed by atoms with E-state index in [0.717, 1.165) is 6.07 Å². The lowest BCUT2D eigenvalue weighted by atomic mass is 10.2. The molecule has 1 aromatic rings. The Bertz CT molecular complexity index is 808. The van der Waals surface area contributed by atoms with Crippen molar-refractivity contribution in [3.8, 4) is 0 Å². The maximum Gasteiger partial charge on any atom is 0.253 e. The zero-order valence-electron chi connectivity index (χ0n) is 11.3. The number of nitrogens with two attached hydrogens (primary N) is 1. The molecule has 22 heavy (non-hydrogen) atoms. The van der Waals surface area contributed by atoms with E-state index in [1.807, 2.05) is 0 Å². The smallest absolute Gasteiger partial charge is 0.225 e. The van der Waals surface area contributed by atoms with E-state index in [9.17, 15) is 16.8 Å². The Hall–Kier alpha value is -0.620. The molecule has 1 aromatic carbocycles. The van der Waals surface area contributed by atoms with Gasteiger partial charge in [0.25, 0.3) is 10.0 Å². The van der Waals surface area contributed by atoms with Crippen molar-refractivity contribution in [1.82, 2.24) is 9.84 Å². The Morgan fingerprint density at radius 2 is 2.18 bits per heavy atom. The summed E-state index contributed by atoms with van der Waals surface area (Å²) in [7, 11) is -7.97. The molecule has 0 amide bonds. The molecule has 1 aliphatic rings. The fraction of sp³-hybridized carbons (Fsp3) is 0.273. The van der Waals surface area contributed by atoms with Gasteiger partial charge < -0.3 is 0 Å². The second-order valence-electron chi connectivity index (χ2n) is 4.52. The quantitative estimate of drug-likeness (QED) is 0.576. The minimum atomic E-state index is -4.10. The average Bonchev–Trinajstić information content (AvgIpc) is 2.35. The van der Waals surface area contributed by atoms with E-state index in [2.05, 4.69) is 11.4 Å². The Labute approximate surface area is 138 Å². The summed E-state index contributed by atoms with van der Waals surface area (Å²) in [5, 5.41) is 6.44. The SMILES string of the molecule is C=CCSCN1Cc2cc(Cl)c(S(N)(=O)=O)cc2S(=O)(=O)N1. The normalized spacial score (nSPS) is 17.9. The highest BCUT2D eigenvalue weighted by Crippen LogP contribution is 2.31. The van der Waals surface area contributed by atoms with Gasteiger partial charge in [0.2, 0.25) is 10.0 Å². The first-order chi connectivity index (χ1) is 10.1. The van der Waals surface area contributed by atoms with Crippen LogP contribution >= 0.6 is 23.4 Å². The van der Waals surface area contributed by atoms with E-state index in [1.165, 1.54) is 22.8 Å². The highest BCUT2D eigenvalue weighted by molar-refractivity contribution is 7.99. The third-order valence-corrected chi connectivity index (χ3v) is 6.60. The van der Waals surface area contributed by atoms with Crippen LogP contribution in [0.15, 0.2) is 34.6 Å². The second kappa shape index (κ2) is 6.48. The van der Waals surface area contributed by atoms with Crippen LogP contribution in [0.3, 0.4) is 0 Å². The zero-order chi connectivity index (χ0) is 16.5. The van der Waals surface area contributed by atoms with E-state index < -0.39 is 24.9 Å². The molecule has 1 aliphatic heterocycles. The predicted molar refractivity (Wildman–Crippen MR) is 86.2 cm³/mol. The van der Waals surface area contributed by atoms with Crippen LogP contribution in [0.5, 0.6) is 0 Å². The Kier molecular flexibility index (Phi) is 5.22. The van der Waals surface area contributed by atoms with Crippen molar-refractivity contribution in [3.05, 3.63) is 35.4 Å². The third kappa shape index (κ3) is 3.82. The molecule has 0 radical (unpaired) electrons. The first kappa shape index (κ1) is 17.7. The number of hydrogen-bond donors (Lipinski definition) is 2. The maximum atomic E-state index is 12.2. The van der Waals surface area contributed by atoms with E-state index in [0.29, 0.717) is 17.2 Å². The minimum Gasteiger partial charge on any atom is -0.225 e. The number of thioether (sulfide) groups is 1. The van der Waals surface area contributed by atoms with Crippen LogP contribution in [-0.4, -0.2) is 33.5 Å². The van der Waals surface area contributed by atoms with Gasteiger partial charge in [-0.2, -0.15) is 0 Å². The van der Waals surface area contributed by atoms with Crippen molar-refractivity contribution in [1.29, 1.82) is 0 Å². The Morgan fingerprint density at radius 1 is 1.50 bits per heavy atom. The summed E-state index contributed by atoms with van der Waals surface area (Å²) >= 11 is 7.38. The highest BCUT2D eigenvalue weighted by atomic mass is 35.5. The number of nitrogens with one attached hydrogen (secondary N) is 1. The zero-order valence-corrected chi connectivity index (χ0v) is 14.5. The molecule has 7 nitrogen and oxygen atoms in total. The molecule has 1 heterocycles. The maximum absolute atomic E-state index is 12.2. The molecule has 3 N–H and O–H groups in total. The van der Waals surface area contributed by atoms with Gasteiger partial charge in [0, 0.05) is 12.3 Å². The number of sulfonamides is 2. The topological polar surface area (TPSA) is 110 Å². The van der Waals surface area contributed by atoms with Gasteiger partial charge in [-0.15, -0.1) is 23.2 Å². The number of fused-ring (bicyclic) bond motifs is 1. The van der Waals surface area contributed by atoms with Gasteiger partial charge in [-0.3, -0.25) is 0 Å². The van der Waals surface area contributed by atoms with Gasteiger partial charge >= 0.3 is 0 Å². The average molecular weight is 384 g/mol. The summed E-state index contributed by atoms with van der Waals surface area (Å²) in [5.41, 5.74) is 0.412. The van der Waals surface area contributed by atoms with Gasteiger partial charge in [-0.05, 0) is 17.7 Å². The molecule has 0 spiro atoms. The molecule has 0 aromatic heterocycles. The fourth-order valence-electron chi connectivity index (χ4n) is 1.94. The summed E-state index contributed by atoms with van der Waals surface area (Å²) in [5.74, 6) is 1.09. The van der Waals surface area contributed by atoms with Crippen LogP contribution in [-0.2, 0) is 26.6 Å². The molecule has 0 saturated carbocycles. The molecule has 0 unspecified atom stereocenters. The number of nitrogens with zero attached hydrogens (tertiary/aromatic N) is 1. The number of rotatable bonds is 5. The molecular formula is C11H14ClN3O4S3. The lowest BCUT2D eigenvalue weighted by Gasteiger charge is -2.29. The summed E-state index contributed by atoms with van der Waals surface area (Å²) in [6.07, 6.45) is 1.71. The van der Waals surface area contributed by atoms with E-state index in [1.54, 1.807) is 6.08 Å². The Balaban J connectivity index is 2.42. The van der Waals surface area contributed by atoms with Crippen LogP contribution in [0.4, 0.5) is 0 Å². The summed E-state index contributed by atoms with van der Waals surface area (Å²) < 4.78 is 47.4. The van der Waals surface area contributed by atoms with Crippen LogP contribution in [0.25, 0.3) is 0 Å². The standard InChI is InChI=1S/C11H14ClN3O4S3/c1-2-3-20-7-15-6-8-4-9(12)11(21(13,16)17)5-10(8)22(18,19)14-15/h2,4-5,14H,1,3,6-7H2,(H2,13,16,17). The lowest BCUT2D eigenvalue weighted by molar-refractivity contribution is 0.264. The predicted octanol–water partition coefficient (Wildman–Crippen LogP) is 0.873. The van der Waals surface area contributed by atoms with Crippen molar-refractivity contribution in [2.24, 2.45) is 5.14 Å². The van der Waals surface area contributed by atoms with E-state index in [-0.39, 0.29) is 16.5 Å². The molecule has 0 bridgehead atoms. The lowest BCUT2D eigenvalue weighted by Crippen LogP contribution is -2.45. The van der Waals surface area contributed by atoms with Gasteiger partial charge in [0.1, 0.15) is 4.90 Å². The largest absolute Gasteiger partial charge is 0.253 e. The number of halogens is 1. The molecule has 0 saturated heterocycles. The van der Waals surface area contributed by atoms with Crippen molar-refractivity contribution in [2.45, 2.75) is 16.3 Å². The molecule has 0 fully saturated rings. The Morgan fingerprint density at radius 3 is 2.77 bits per heavy atom. The molecule has 11 heteroatoms. The molecule has 0 aliphatic carbocycles. The monoisotopic (exact) mass is 383 g/mol. The first-order valence-electron chi connectivity index (χ1n) is 5.96. The summed E-state index contributed by atoms with van der Waals surface area (Å²) in [6.45, 7) is 3.86. The van der Waals surface area contributed by atoms with Crippen LogP contribution in [0.1, 0.15) is 5.56 Å². The van der Waals surface area contributed by atoms with E-state index in [4.69, 9.17) is 16.7 Å². The van der Waals surface area contributed by atoms with Crippen molar-refractivity contribution in [2.75, 3.05) is 11.6 Å². The number of hydrazine groups is 1. The molecule has 122 valence electrons. The summed E-state index contributed by atoms with van der Waals surface area (Å²) in [6, 6.07) is 2.31. The van der Waals surface area contributed by atoms with Gasteiger partial charge in [0.15, 0.2) is 0 Å². The van der Waals surface area contributed by atoms with Crippen LogP contribution in [0, 0.1) is 0 Å². The van der Waals surface area contributed by atoms with Crippen molar-refractivity contribution >= 4 is 43.4 Å². The summed E-state index contributed by atoms with van der Waals surface area (Å²) in [4.78, 5) is 1.83. The number of hydrogen-bond acceptors (Lipinski definition) is 6.